The molecular weight excluding hydrogens is 288 g/mol. The maximum absolute atomic E-state index is 5.60. The van der Waals surface area contributed by atoms with Gasteiger partial charge in [-0.3, -0.25) is 4.98 Å². The van der Waals surface area contributed by atoms with Crippen LogP contribution in [0, 0.1) is 6.92 Å². The van der Waals surface area contributed by atoms with Crippen molar-refractivity contribution in [2.75, 3.05) is 13.2 Å². The van der Waals surface area contributed by atoms with Gasteiger partial charge in [-0.15, -0.1) is 0 Å². The van der Waals surface area contributed by atoms with Gasteiger partial charge in [0, 0.05) is 36.9 Å². The molecule has 1 aliphatic heterocycles. The fourth-order valence-electron chi connectivity index (χ4n) is 3.23. The van der Waals surface area contributed by atoms with Gasteiger partial charge < -0.3 is 4.74 Å². The molecule has 118 valence electrons. The zero-order valence-electron chi connectivity index (χ0n) is 13.3. The van der Waals surface area contributed by atoms with Crippen LogP contribution in [0.1, 0.15) is 36.4 Å². The van der Waals surface area contributed by atoms with Crippen LogP contribution in [-0.2, 0) is 4.74 Å². The van der Waals surface area contributed by atoms with Crippen LogP contribution < -0.4 is 0 Å². The normalized spacial score (nSPS) is 18.9. The van der Waals surface area contributed by atoms with Gasteiger partial charge in [-0.1, -0.05) is 6.07 Å². The van der Waals surface area contributed by atoms with E-state index in [0.29, 0.717) is 5.92 Å². The van der Waals surface area contributed by atoms with E-state index in [1.54, 1.807) is 0 Å². The molecule has 5 nitrogen and oxygen atoms in total. The van der Waals surface area contributed by atoms with Crippen LogP contribution in [0.2, 0.25) is 0 Å². The molecule has 0 N–H and O–H groups in total. The Bertz CT molecular complexity index is 802. The molecule has 0 bridgehead atoms. The van der Waals surface area contributed by atoms with Crippen LogP contribution in [0.25, 0.3) is 16.7 Å². The Balaban J connectivity index is 1.84. The summed E-state index contributed by atoms with van der Waals surface area (Å²) in [6, 6.07) is 6.13. The lowest BCUT2D eigenvalue weighted by Gasteiger charge is -2.10. The molecule has 4 rings (SSSR count). The van der Waals surface area contributed by atoms with Crippen molar-refractivity contribution in [3.63, 3.8) is 0 Å². The minimum absolute atomic E-state index is 0.439. The van der Waals surface area contributed by atoms with E-state index in [-0.39, 0.29) is 0 Å². The number of aromatic nitrogens is 4. The number of aryl methyl sites for hydroxylation is 1. The van der Waals surface area contributed by atoms with E-state index in [1.807, 2.05) is 36.3 Å². The summed E-state index contributed by atoms with van der Waals surface area (Å²) >= 11 is 0. The quantitative estimate of drug-likeness (QED) is 0.728. The molecule has 0 saturated carbocycles. The lowest BCUT2D eigenvalue weighted by atomic mass is 9.95. The topological polar surface area (TPSA) is 52.8 Å². The average molecular weight is 308 g/mol. The van der Waals surface area contributed by atoms with E-state index in [0.717, 1.165) is 55.1 Å². The molecular formula is C18H20N4O. The molecule has 1 fully saturated rings. The van der Waals surface area contributed by atoms with Crippen LogP contribution in [-0.4, -0.2) is 33.0 Å². The largest absolute Gasteiger partial charge is 0.381 e. The van der Waals surface area contributed by atoms with Gasteiger partial charge in [-0.2, -0.15) is 5.10 Å². The summed E-state index contributed by atoms with van der Waals surface area (Å²) in [5.41, 5.74) is 3.31. The number of rotatable bonds is 2. The van der Waals surface area contributed by atoms with Crippen LogP contribution >= 0.6 is 0 Å². The lowest BCUT2D eigenvalue weighted by Crippen LogP contribution is -2.04. The number of hydrogen-bond acceptors (Lipinski definition) is 4. The van der Waals surface area contributed by atoms with Crippen molar-refractivity contribution >= 4 is 10.9 Å². The summed E-state index contributed by atoms with van der Waals surface area (Å²) < 4.78 is 7.52. The second-order valence-electron chi connectivity index (χ2n) is 6.12. The maximum atomic E-state index is 5.60. The van der Waals surface area contributed by atoms with E-state index < -0.39 is 0 Å². The van der Waals surface area contributed by atoms with Crippen molar-refractivity contribution in [3.8, 4) is 5.82 Å². The summed E-state index contributed by atoms with van der Waals surface area (Å²) in [6.07, 6.45) is 8.82. The van der Waals surface area contributed by atoms with E-state index in [2.05, 4.69) is 22.1 Å². The highest BCUT2D eigenvalue weighted by atomic mass is 16.5. The van der Waals surface area contributed by atoms with Gasteiger partial charge in [0.05, 0.1) is 17.4 Å². The molecule has 0 spiro atoms. The van der Waals surface area contributed by atoms with Gasteiger partial charge in [0.25, 0.3) is 0 Å². The number of hydrogen-bond donors (Lipinski definition) is 0. The van der Waals surface area contributed by atoms with E-state index in [9.17, 15) is 0 Å². The second kappa shape index (κ2) is 6.08. The molecule has 1 unspecified atom stereocenters. The molecule has 0 amide bonds. The van der Waals surface area contributed by atoms with Crippen molar-refractivity contribution in [2.24, 2.45) is 0 Å². The summed E-state index contributed by atoms with van der Waals surface area (Å²) in [5, 5.41) is 6.09. The predicted molar refractivity (Wildman–Crippen MR) is 88.8 cm³/mol. The highest BCUT2D eigenvalue weighted by Gasteiger charge is 2.22. The zero-order valence-corrected chi connectivity index (χ0v) is 13.3. The van der Waals surface area contributed by atoms with Gasteiger partial charge in [0.15, 0.2) is 5.82 Å². The number of nitrogens with zero attached hydrogens (tertiary/aromatic N) is 4. The molecule has 5 heteroatoms. The molecule has 0 radical (unpaired) electrons. The third kappa shape index (κ3) is 2.72. The zero-order chi connectivity index (χ0) is 15.6. The van der Waals surface area contributed by atoms with Crippen molar-refractivity contribution < 1.29 is 4.74 Å². The molecule has 0 aliphatic carbocycles. The van der Waals surface area contributed by atoms with Crippen LogP contribution in [0.5, 0.6) is 0 Å². The van der Waals surface area contributed by atoms with Crippen LogP contribution in [0.3, 0.4) is 0 Å². The predicted octanol–water partition coefficient (Wildman–Crippen LogP) is 3.41. The Hall–Kier alpha value is -2.27. The summed E-state index contributed by atoms with van der Waals surface area (Å²) in [4.78, 5) is 8.80. The van der Waals surface area contributed by atoms with Crippen LogP contribution in [0.4, 0.5) is 0 Å². The molecule has 1 saturated heterocycles. The second-order valence-corrected chi connectivity index (χ2v) is 6.12. The third-order valence-corrected chi connectivity index (χ3v) is 4.46. The number of fused-ring (bicyclic) bond motifs is 1. The SMILES string of the molecule is Cc1ccc(-n2nc(C3CCCOCC3)c3ccncc32)nc1. The summed E-state index contributed by atoms with van der Waals surface area (Å²) in [5.74, 6) is 1.28. The van der Waals surface area contributed by atoms with Gasteiger partial charge in [-0.05, 0) is 43.9 Å². The fraction of sp³-hybridized carbons (Fsp3) is 0.389. The minimum Gasteiger partial charge on any atom is -0.381 e. The molecule has 1 atom stereocenters. The summed E-state index contributed by atoms with van der Waals surface area (Å²) in [6.45, 7) is 3.71. The highest BCUT2D eigenvalue weighted by Crippen LogP contribution is 2.32. The Morgan fingerprint density at radius 1 is 1.13 bits per heavy atom. The molecule has 3 aromatic rings. The average Bonchev–Trinajstić information content (AvgIpc) is 2.77. The monoisotopic (exact) mass is 308 g/mol. The van der Waals surface area contributed by atoms with Crippen molar-refractivity contribution in [1.82, 2.24) is 19.7 Å². The molecule has 23 heavy (non-hydrogen) atoms. The molecule has 4 heterocycles. The van der Waals surface area contributed by atoms with Crippen LogP contribution in [0.15, 0.2) is 36.8 Å². The first kappa shape index (κ1) is 14.3. The number of ether oxygens (including phenoxy) is 1. The van der Waals surface area contributed by atoms with Crippen molar-refractivity contribution in [1.29, 1.82) is 0 Å². The molecule has 3 aromatic heterocycles. The van der Waals surface area contributed by atoms with E-state index in [4.69, 9.17) is 9.84 Å². The first-order chi connectivity index (χ1) is 11.3. The Morgan fingerprint density at radius 3 is 2.96 bits per heavy atom. The van der Waals surface area contributed by atoms with Crippen molar-refractivity contribution in [3.05, 3.63) is 48.0 Å². The highest BCUT2D eigenvalue weighted by molar-refractivity contribution is 5.82. The van der Waals surface area contributed by atoms with E-state index >= 15 is 0 Å². The summed E-state index contributed by atoms with van der Waals surface area (Å²) in [7, 11) is 0. The number of pyridine rings is 2. The van der Waals surface area contributed by atoms with Gasteiger partial charge >= 0.3 is 0 Å². The van der Waals surface area contributed by atoms with E-state index in [1.165, 1.54) is 5.39 Å². The first-order valence-corrected chi connectivity index (χ1v) is 8.16. The van der Waals surface area contributed by atoms with Gasteiger partial charge in [-0.25, -0.2) is 9.67 Å². The molecule has 0 aromatic carbocycles. The third-order valence-electron chi connectivity index (χ3n) is 4.46. The fourth-order valence-corrected chi connectivity index (χ4v) is 3.23. The Kier molecular flexibility index (Phi) is 3.79. The lowest BCUT2D eigenvalue weighted by molar-refractivity contribution is 0.143. The maximum Gasteiger partial charge on any atom is 0.154 e. The van der Waals surface area contributed by atoms with Crippen molar-refractivity contribution in [2.45, 2.75) is 32.1 Å². The first-order valence-electron chi connectivity index (χ1n) is 8.16. The van der Waals surface area contributed by atoms with Gasteiger partial charge in [0.2, 0.25) is 0 Å². The Labute approximate surface area is 135 Å². The Morgan fingerprint density at radius 2 is 2.09 bits per heavy atom. The minimum atomic E-state index is 0.439. The molecule has 1 aliphatic rings. The smallest absolute Gasteiger partial charge is 0.154 e. The standard InChI is InChI=1S/C18H20N4O/c1-13-4-5-17(20-11-13)22-16-12-19-8-6-15(16)18(21-22)14-3-2-9-23-10-7-14/h4-6,8,11-12,14H,2-3,7,9-10H2,1H3. The van der Waals surface area contributed by atoms with Gasteiger partial charge in [0.1, 0.15) is 0 Å².